The van der Waals surface area contributed by atoms with Crippen LogP contribution >= 0.6 is 0 Å². The Kier molecular flexibility index (Phi) is 4.17. The van der Waals surface area contributed by atoms with Crippen molar-refractivity contribution >= 4 is 5.69 Å². The Hall–Kier alpha value is -1.16. The second-order valence-electron chi connectivity index (χ2n) is 4.89. The van der Waals surface area contributed by atoms with Gasteiger partial charge in [-0.05, 0) is 37.0 Å². The van der Waals surface area contributed by atoms with E-state index in [0.717, 1.165) is 32.2 Å². The van der Waals surface area contributed by atoms with Gasteiger partial charge < -0.3 is 10.6 Å². The summed E-state index contributed by atoms with van der Waals surface area (Å²) in [6, 6.07) is 3.00. The molecule has 1 aromatic rings. The van der Waals surface area contributed by atoms with Gasteiger partial charge in [0.2, 0.25) is 0 Å². The number of nitrogens with zero attached hydrogens (tertiary/aromatic N) is 1. The number of anilines is 1. The molecular weight excluding hydrogens is 234 g/mol. The smallest absolute Gasteiger partial charge is 0.149 e. The van der Waals surface area contributed by atoms with Gasteiger partial charge in [-0.25, -0.2) is 8.78 Å². The molecule has 100 valence electrons. The maximum atomic E-state index is 14.0. The van der Waals surface area contributed by atoms with Gasteiger partial charge in [-0.15, -0.1) is 0 Å². The third-order valence-corrected chi connectivity index (χ3v) is 3.34. The molecule has 0 saturated heterocycles. The lowest BCUT2D eigenvalue weighted by Crippen LogP contribution is -2.29. The molecule has 0 atom stereocenters. The Morgan fingerprint density at radius 1 is 1.28 bits per heavy atom. The van der Waals surface area contributed by atoms with Crippen LogP contribution in [0.1, 0.15) is 38.2 Å². The average molecular weight is 254 g/mol. The van der Waals surface area contributed by atoms with Crippen LogP contribution in [0.15, 0.2) is 12.1 Å². The molecule has 18 heavy (non-hydrogen) atoms. The lowest BCUT2D eigenvalue weighted by Gasteiger charge is -2.25. The summed E-state index contributed by atoms with van der Waals surface area (Å²) < 4.78 is 28.1. The molecule has 2 nitrogen and oxygen atoms in total. The number of hydrogen-bond acceptors (Lipinski definition) is 2. The molecule has 0 radical (unpaired) electrons. The molecular formula is C14H20F2N2. The van der Waals surface area contributed by atoms with Crippen molar-refractivity contribution in [3.8, 4) is 0 Å². The van der Waals surface area contributed by atoms with Crippen molar-refractivity contribution in [1.29, 1.82) is 0 Å². The van der Waals surface area contributed by atoms with E-state index in [1.165, 1.54) is 12.1 Å². The molecule has 4 heteroatoms. The summed E-state index contributed by atoms with van der Waals surface area (Å²) in [6.45, 7) is 2.96. The van der Waals surface area contributed by atoms with Crippen LogP contribution in [-0.4, -0.2) is 12.6 Å². The first-order chi connectivity index (χ1) is 8.67. The molecule has 0 heterocycles. The second-order valence-corrected chi connectivity index (χ2v) is 4.89. The number of nitrogens with two attached hydrogens (primary N) is 1. The van der Waals surface area contributed by atoms with E-state index in [4.69, 9.17) is 5.73 Å². The monoisotopic (exact) mass is 254 g/mol. The van der Waals surface area contributed by atoms with Gasteiger partial charge in [0.05, 0.1) is 0 Å². The fraction of sp³-hybridized carbons (Fsp3) is 0.571. The number of benzene rings is 1. The zero-order chi connectivity index (χ0) is 13.1. The standard InChI is InChI=1S/C14H20F2N2/c1-2-3-6-18(11-4-5-11)14-12(15)7-10(9-17)8-13(14)16/h7-8,11H,2-6,9,17H2,1H3. The van der Waals surface area contributed by atoms with Crippen molar-refractivity contribution in [3.63, 3.8) is 0 Å². The average Bonchev–Trinajstić information content (AvgIpc) is 3.16. The minimum Gasteiger partial charge on any atom is -0.364 e. The van der Waals surface area contributed by atoms with E-state index in [9.17, 15) is 8.78 Å². The molecule has 0 amide bonds. The van der Waals surface area contributed by atoms with E-state index in [-0.39, 0.29) is 12.2 Å². The molecule has 0 aliphatic heterocycles. The zero-order valence-electron chi connectivity index (χ0n) is 10.8. The lowest BCUT2D eigenvalue weighted by atomic mass is 10.1. The van der Waals surface area contributed by atoms with Gasteiger partial charge >= 0.3 is 0 Å². The molecule has 1 aliphatic rings. The van der Waals surface area contributed by atoms with E-state index < -0.39 is 11.6 Å². The summed E-state index contributed by atoms with van der Waals surface area (Å²) in [5.41, 5.74) is 6.05. The van der Waals surface area contributed by atoms with Gasteiger partial charge in [0.15, 0.2) is 0 Å². The van der Waals surface area contributed by atoms with E-state index >= 15 is 0 Å². The molecule has 0 bridgehead atoms. The molecule has 0 spiro atoms. The van der Waals surface area contributed by atoms with Crippen LogP contribution in [-0.2, 0) is 6.54 Å². The molecule has 1 fully saturated rings. The number of rotatable bonds is 6. The van der Waals surface area contributed by atoms with Crippen molar-refractivity contribution in [2.75, 3.05) is 11.4 Å². The number of unbranched alkanes of at least 4 members (excludes halogenated alkanes) is 1. The maximum Gasteiger partial charge on any atom is 0.149 e. The minimum absolute atomic E-state index is 0.128. The highest BCUT2D eigenvalue weighted by Crippen LogP contribution is 2.35. The summed E-state index contributed by atoms with van der Waals surface area (Å²) in [4.78, 5) is 1.88. The second kappa shape index (κ2) is 5.65. The predicted octanol–water partition coefficient (Wildman–Crippen LogP) is 3.19. The normalized spacial score (nSPS) is 14.9. The first-order valence-electron chi connectivity index (χ1n) is 6.62. The Morgan fingerprint density at radius 2 is 1.89 bits per heavy atom. The summed E-state index contributed by atoms with van der Waals surface area (Å²) in [5.74, 6) is -0.975. The van der Waals surface area contributed by atoms with Crippen LogP contribution in [0.5, 0.6) is 0 Å². The first kappa shape index (κ1) is 13.3. The topological polar surface area (TPSA) is 29.3 Å². The predicted molar refractivity (Wildman–Crippen MR) is 69.5 cm³/mol. The van der Waals surface area contributed by atoms with Crippen LogP contribution in [0.3, 0.4) is 0 Å². The third-order valence-electron chi connectivity index (χ3n) is 3.34. The van der Waals surface area contributed by atoms with Crippen LogP contribution in [0.25, 0.3) is 0 Å². The molecule has 0 aromatic heterocycles. The fourth-order valence-electron chi connectivity index (χ4n) is 2.20. The Bertz CT molecular complexity index is 393. The van der Waals surface area contributed by atoms with Gasteiger partial charge in [0.25, 0.3) is 0 Å². The maximum absolute atomic E-state index is 14.0. The van der Waals surface area contributed by atoms with Crippen molar-refractivity contribution < 1.29 is 8.78 Å². The lowest BCUT2D eigenvalue weighted by molar-refractivity contribution is 0.561. The largest absolute Gasteiger partial charge is 0.364 e. The summed E-state index contributed by atoms with van der Waals surface area (Å²) in [5, 5.41) is 0. The van der Waals surface area contributed by atoms with Crippen LogP contribution in [0.4, 0.5) is 14.5 Å². The van der Waals surface area contributed by atoms with Crippen molar-refractivity contribution in [3.05, 3.63) is 29.3 Å². The fourth-order valence-corrected chi connectivity index (χ4v) is 2.20. The highest BCUT2D eigenvalue weighted by molar-refractivity contribution is 5.52. The summed E-state index contributed by atoms with van der Waals surface area (Å²) in [6.07, 6.45) is 4.03. The molecule has 1 aliphatic carbocycles. The van der Waals surface area contributed by atoms with E-state index in [2.05, 4.69) is 6.92 Å². The summed E-state index contributed by atoms with van der Waals surface area (Å²) in [7, 11) is 0. The van der Waals surface area contributed by atoms with Gasteiger partial charge in [-0.3, -0.25) is 0 Å². The van der Waals surface area contributed by atoms with Crippen molar-refractivity contribution in [1.82, 2.24) is 0 Å². The molecule has 1 saturated carbocycles. The van der Waals surface area contributed by atoms with E-state index in [0.29, 0.717) is 11.6 Å². The highest BCUT2D eigenvalue weighted by Gasteiger charge is 2.32. The molecule has 2 N–H and O–H groups in total. The van der Waals surface area contributed by atoms with Crippen molar-refractivity contribution in [2.45, 2.75) is 45.2 Å². The zero-order valence-corrected chi connectivity index (χ0v) is 10.8. The number of hydrogen-bond donors (Lipinski definition) is 1. The highest BCUT2D eigenvalue weighted by atomic mass is 19.1. The van der Waals surface area contributed by atoms with Crippen LogP contribution in [0.2, 0.25) is 0 Å². The van der Waals surface area contributed by atoms with Crippen molar-refractivity contribution in [2.24, 2.45) is 5.73 Å². The minimum atomic E-state index is -0.488. The van der Waals surface area contributed by atoms with Crippen LogP contribution in [0, 0.1) is 11.6 Å². The Labute approximate surface area is 107 Å². The van der Waals surface area contributed by atoms with Gasteiger partial charge in [0, 0.05) is 19.1 Å². The third kappa shape index (κ3) is 2.80. The molecule has 0 unspecified atom stereocenters. The van der Waals surface area contributed by atoms with E-state index in [1.807, 2.05) is 4.90 Å². The summed E-state index contributed by atoms with van der Waals surface area (Å²) >= 11 is 0. The Balaban J connectivity index is 2.28. The molecule has 2 rings (SSSR count). The van der Waals surface area contributed by atoms with Gasteiger partial charge in [-0.2, -0.15) is 0 Å². The quantitative estimate of drug-likeness (QED) is 0.844. The Morgan fingerprint density at radius 3 is 2.33 bits per heavy atom. The van der Waals surface area contributed by atoms with E-state index in [1.54, 1.807) is 0 Å². The molecule has 1 aromatic carbocycles. The van der Waals surface area contributed by atoms with Gasteiger partial charge in [-0.1, -0.05) is 13.3 Å². The SMILES string of the molecule is CCCCN(c1c(F)cc(CN)cc1F)C1CC1. The van der Waals surface area contributed by atoms with Gasteiger partial charge in [0.1, 0.15) is 17.3 Å². The first-order valence-corrected chi connectivity index (χ1v) is 6.62. The number of halogens is 2. The van der Waals surface area contributed by atoms with Crippen LogP contribution < -0.4 is 10.6 Å².